The van der Waals surface area contributed by atoms with E-state index in [4.69, 9.17) is 23.2 Å². The molecular formula is C27H25Cl2N7O2. The van der Waals surface area contributed by atoms with Crippen LogP contribution in [-0.4, -0.2) is 42.0 Å². The summed E-state index contributed by atoms with van der Waals surface area (Å²) in [6, 6.07) is 11.9. The molecule has 1 fully saturated rings. The van der Waals surface area contributed by atoms with Gasteiger partial charge in [0.15, 0.2) is 5.15 Å². The van der Waals surface area contributed by atoms with Gasteiger partial charge in [-0.3, -0.25) is 19.1 Å². The minimum Gasteiger partial charge on any atom is -0.356 e. The molecule has 38 heavy (non-hydrogen) atoms. The van der Waals surface area contributed by atoms with Crippen molar-refractivity contribution in [3.8, 4) is 16.9 Å². The van der Waals surface area contributed by atoms with Gasteiger partial charge in [-0.25, -0.2) is 9.67 Å². The van der Waals surface area contributed by atoms with Crippen LogP contribution in [0, 0.1) is 5.92 Å². The Bertz CT molecular complexity index is 1510. The molecule has 0 bridgehead atoms. The molecule has 1 atom stereocenters. The number of nitrogens with one attached hydrogen (secondary N) is 1. The van der Waals surface area contributed by atoms with Crippen molar-refractivity contribution in [2.24, 2.45) is 5.92 Å². The third-order valence-corrected chi connectivity index (χ3v) is 6.64. The summed E-state index contributed by atoms with van der Waals surface area (Å²) in [5, 5.41) is 11.5. The molecule has 1 amide bonds. The first-order chi connectivity index (χ1) is 18.5. The highest BCUT2D eigenvalue weighted by Gasteiger charge is 2.28. The number of amides is 1. The summed E-state index contributed by atoms with van der Waals surface area (Å²) in [6.07, 6.45) is 12.0. The van der Waals surface area contributed by atoms with E-state index in [1.54, 1.807) is 35.2 Å². The molecule has 1 aliphatic carbocycles. The van der Waals surface area contributed by atoms with Crippen LogP contribution in [-0.2, 0) is 4.79 Å². The van der Waals surface area contributed by atoms with E-state index < -0.39 is 0 Å². The van der Waals surface area contributed by atoms with Crippen LogP contribution in [0.15, 0.2) is 78.1 Å². The zero-order valence-electron chi connectivity index (χ0n) is 20.4. The maximum atomic E-state index is 13.4. The van der Waals surface area contributed by atoms with E-state index in [2.05, 4.69) is 25.6 Å². The second-order valence-electron chi connectivity index (χ2n) is 9.00. The third-order valence-electron chi connectivity index (χ3n) is 6.23. The normalized spacial score (nSPS) is 14.1. The van der Waals surface area contributed by atoms with Crippen molar-refractivity contribution in [2.75, 3.05) is 6.54 Å². The van der Waals surface area contributed by atoms with Crippen molar-refractivity contribution in [1.29, 1.82) is 0 Å². The van der Waals surface area contributed by atoms with Crippen LogP contribution in [0.5, 0.6) is 0 Å². The summed E-state index contributed by atoms with van der Waals surface area (Å²) in [5.74, 6) is 0.337. The lowest BCUT2D eigenvalue weighted by molar-refractivity contribution is -0.122. The minimum absolute atomic E-state index is 0.136. The largest absolute Gasteiger partial charge is 0.356 e. The topological polar surface area (TPSA) is 108 Å². The molecule has 3 heterocycles. The summed E-state index contributed by atoms with van der Waals surface area (Å²) >= 11 is 12.2. The van der Waals surface area contributed by atoms with Crippen LogP contribution in [0.2, 0.25) is 10.2 Å². The monoisotopic (exact) mass is 549 g/mol. The van der Waals surface area contributed by atoms with Crippen molar-refractivity contribution in [2.45, 2.75) is 31.7 Å². The molecule has 3 aromatic heterocycles. The molecule has 0 unspecified atom stereocenters. The number of hydrogen-bond donors (Lipinski definition) is 1. The first-order valence-corrected chi connectivity index (χ1v) is 13.0. The molecule has 194 valence electrons. The van der Waals surface area contributed by atoms with E-state index in [1.165, 1.54) is 17.1 Å². The van der Waals surface area contributed by atoms with E-state index >= 15 is 0 Å². The molecule has 5 rings (SSSR count). The molecule has 0 saturated heterocycles. The molecule has 1 N–H and O–H groups in total. The summed E-state index contributed by atoms with van der Waals surface area (Å²) in [7, 11) is 0. The van der Waals surface area contributed by atoms with Crippen molar-refractivity contribution in [3.63, 3.8) is 0 Å². The summed E-state index contributed by atoms with van der Waals surface area (Å²) in [4.78, 5) is 34.3. The SMILES string of the molecule is O=C(NCC/C=C/C[C@@H](c1ccccn1)n1cnc(-c2cc(Cl)ccc2-n2cc(Cl)nn2)cc1=O)C1CC1. The molecular weight excluding hydrogens is 525 g/mol. The van der Waals surface area contributed by atoms with Crippen LogP contribution in [0.4, 0.5) is 0 Å². The number of pyridine rings is 1. The fourth-order valence-electron chi connectivity index (χ4n) is 4.13. The molecule has 0 aliphatic heterocycles. The number of carbonyl (C=O) groups is 1. The maximum absolute atomic E-state index is 13.4. The van der Waals surface area contributed by atoms with Crippen molar-refractivity contribution in [1.82, 2.24) is 34.8 Å². The molecule has 1 aliphatic rings. The minimum atomic E-state index is -0.351. The smallest absolute Gasteiger partial charge is 0.254 e. The van der Waals surface area contributed by atoms with E-state index in [0.29, 0.717) is 41.4 Å². The number of aromatic nitrogens is 6. The molecule has 4 aromatic rings. The second kappa shape index (κ2) is 11.7. The fraction of sp³-hybridized carbons (Fsp3) is 0.259. The van der Waals surface area contributed by atoms with Gasteiger partial charge in [-0.15, -0.1) is 5.10 Å². The lowest BCUT2D eigenvalue weighted by Crippen LogP contribution is -2.26. The molecule has 0 radical (unpaired) electrons. The summed E-state index contributed by atoms with van der Waals surface area (Å²) < 4.78 is 3.08. The number of nitrogens with zero attached hydrogens (tertiary/aromatic N) is 6. The van der Waals surface area contributed by atoms with E-state index in [0.717, 1.165) is 18.5 Å². The molecule has 0 spiro atoms. The number of allylic oxidation sites excluding steroid dienone is 1. The van der Waals surface area contributed by atoms with Gasteiger partial charge in [-0.05, 0) is 56.0 Å². The maximum Gasteiger partial charge on any atom is 0.254 e. The van der Waals surface area contributed by atoms with Crippen LogP contribution in [0.25, 0.3) is 16.9 Å². The average Bonchev–Trinajstić information content (AvgIpc) is 3.69. The first-order valence-electron chi connectivity index (χ1n) is 12.3. The second-order valence-corrected chi connectivity index (χ2v) is 9.82. The van der Waals surface area contributed by atoms with Gasteiger partial charge < -0.3 is 5.32 Å². The lowest BCUT2D eigenvalue weighted by atomic mass is 10.1. The fourth-order valence-corrected chi connectivity index (χ4v) is 4.43. The summed E-state index contributed by atoms with van der Waals surface area (Å²) in [5.41, 5.74) is 2.20. The average molecular weight is 550 g/mol. The predicted molar refractivity (Wildman–Crippen MR) is 145 cm³/mol. The Hall–Kier alpha value is -3.82. The molecule has 1 aromatic carbocycles. The van der Waals surface area contributed by atoms with E-state index in [-0.39, 0.29) is 28.6 Å². The number of halogens is 2. The Morgan fingerprint density at radius 2 is 2.00 bits per heavy atom. The highest BCUT2D eigenvalue weighted by Crippen LogP contribution is 2.29. The Balaban J connectivity index is 1.38. The van der Waals surface area contributed by atoms with E-state index in [9.17, 15) is 9.59 Å². The molecule has 9 nitrogen and oxygen atoms in total. The number of carbonyl (C=O) groups excluding carboxylic acids is 1. The van der Waals surface area contributed by atoms with Gasteiger partial charge in [0, 0.05) is 35.3 Å². The Morgan fingerprint density at radius 1 is 1.13 bits per heavy atom. The zero-order chi connectivity index (χ0) is 26.5. The van der Waals surface area contributed by atoms with Crippen LogP contribution >= 0.6 is 23.2 Å². The van der Waals surface area contributed by atoms with Gasteiger partial charge >= 0.3 is 0 Å². The Morgan fingerprint density at radius 3 is 2.71 bits per heavy atom. The molecule has 11 heteroatoms. The summed E-state index contributed by atoms with van der Waals surface area (Å²) in [6.45, 7) is 0.593. The Kier molecular flexibility index (Phi) is 7.95. The van der Waals surface area contributed by atoms with Crippen LogP contribution in [0.1, 0.15) is 37.4 Å². The van der Waals surface area contributed by atoms with Crippen molar-refractivity contribution >= 4 is 29.1 Å². The lowest BCUT2D eigenvalue weighted by Gasteiger charge is -2.18. The number of benzene rings is 1. The predicted octanol–water partition coefficient (Wildman–Crippen LogP) is 4.64. The van der Waals surface area contributed by atoms with Gasteiger partial charge in [0.05, 0.1) is 35.6 Å². The van der Waals surface area contributed by atoms with E-state index in [1.807, 2.05) is 30.4 Å². The molecule has 1 saturated carbocycles. The quantitative estimate of drug-likeness (QED) is 0.228. The van der Waals surface area contributed by atoms with Gasteiger partial charge in [0.25, 0.3) is 5.56 Å². The van der Waals surface area contributed by atoms with Crippen molar-refractivity contribution < 1.29 is 4.79 Å². The third kappa shape index (κ3) is 6.17. The van der Waals surface area contributed by atoms with Gasteiger partial charge in [-0.2, -0.15) is 0 Å². The number of hydrogen-bond acceptors (Lipinski definition) is 6. The Labute approximate surface area is 229 Å². The zero-order valence-corrected chi connectivity index (χ0v) is 21.9. The van der Waals surface area contributed by atoms with Crippen LogP contribution < -0.4 is 10.9 Å². The van der Waals surface area contributed by atoms with Gasteiger partial charge in [-0.1, -0.05) is 46.6 Å². The standard InChI is InChI=1S/C27H25Cl2N7O2/c28-19-10-11-23(36-16-25(29)33-34-36)20(14-19)22-15-26(37)35(17-32-22)24(21-6-3-5-12-30-21)7-2-1-4-13-31-27(38)18-8-9-18/h1-3,5-6,10-12,14-18,24H,4,7-9,13H2,(H,31,38)/b2-1+/t24-/m0/s1. The number of rotatable bonds is 10. The highest BCUT2D eigenvalue weighted by molar-refractivity contribution is 6.31. The highest BCUT2D eigenvalue weighted by atomic mass is 35.5. The van der Waals surface area contributed by atoms with Gasteiger partial charge in [0.1, 0.15) is 0 Å². The van der Waals surface area contributed by atoms with Crippen LogP contribution in [0.3, 0.4) is 0 Å². The van der Waals surface area contributed by atoms with Gasteiger partial charge in [0.2, 0.25) is 5.91 Å². The first kappa shape index (κ1) is 25.8. The van der Waals surface area contributed by atoms with Crippen molar-refractivity contribution in [3.05, 3.63) is 99.6 Å².